The van der Waals surface area contributed by atoms with Crippen LogP contribution >= 0.6 is 11.6 Å². The fourth-order valence-electron chi connectivity index (χ4n) is 3.19. The van der Waals surface area contributed by atoms with Crippen LogP contribution in [0.4, 0.5) is 0 Å². The highest BCUT2D eigenvalue weighted by molar-refractivity contribution is 6.32. The second-order valence-electron chi connectivity index (χ2n) is 6.54. The Morgan fingerprint density at radius 2 is 2.06 bits per heavy atom. The molecule has 0 atom stereocenters. The van der Waals surface area contributed by atoms with Gasteiger partial charge in [0, 0.05) is 5.39 Å². The Labute approximate surface area is 183 Å². The van der Waals surface area contributed by atoms with E-state index < -0.39 is 5.91 Å². The van der Waals surface area contributed by atoms with Crippen LogP contribution in [0, 0.1) is 12.3 Å². The van der Waals surface area contributed by atoms with Crippen LogP contribution in [0.1, 0.15) is 16.1 Å². The van der Waals surface area contributed by atoms with E-state index in [-0.39, 0.29) is 12.4 Å². The van der Waals surface area contributed by atoms with Crippen molar-refractivity contribution in [3.05, 3.63) is 70.9 Å². The first-order chi connectivity index (χ1) is 15.1. The van der Waals surface area contributed by atoms with Crippen molar-refractivity contribution in [1.29, 1.82) is 0 Å². The third-order valence-electron chi connectivity index (χ3n) is 4.58. The number of nitrogens with one attached hydrogen (secondary N) is 1. The first-order valence-corrected chi connectivity index (χ1v) is 9.67. The van der Waals surface area contributed by atoms with Gasteiger partial charge in [-0.05, 0) is 40.6 Å². The lowest BCUT2D eigenvalue weighted by atomic mass is 10.1. The molecule has 0 radical (unpaired) electrons. The Morgan fingerprint density at radius 3 is 2.87 bits per heavy atom. The van der Waals surface area contributed by atoms with E-state index in [1.807, 2.05) is 36.4 Å². The summed E-state index contributed by atoms with van der Waals surface area (Å²) in [6, 6.07) is 16.7. The molecule has 0 bridgehead atoms. The summed E-state index contributed by atoms with van der Waals surface area (Å²) in [5.74, 6) is 2.81. The van der Waals surface area contributed by atoms with Crippen molar-refractivity contribution in [1.82, 2.24) is 5.43 Å². The highest BCUT2D eigenvalue weighted by Gasteiger charge is 2.14. The van der Waals surface area contributed by atoms with E-state index in [9.17, 15) is 4.79 Å². The van der Waals surface area contributed by atoms with Gasteiger partial charge in [-0.2, -0.15) is 5.10 Å². The number of methoxy groups -OCH3 is 1. The molecule has 0 spiro atoms. The second-order valence-corrected chi connectivity index (χ2v) is 6.94. The van der Waals surface area contributed by atoms with E-state index in [1.54, 1.807) is 18.2 Å². The zero-order valence-electron chi connectivity index (χ0n) is 16.5. The van der Waals surface area contributed by atoms with Crippen LogP contribution in [0.2, 0.25) is 5.02 Å². The van der Waals surface area contributed by atoms with Crippen molar-refractivity contribution >= 4 is 45.5 Å². The average molecular weight is 433 g/mol. The molecule has 0 aliphatic heterocycles. The third kappa shape index (κ3) is 4.18. The minimum absolute atomic E-state index is 0.0619. The highest BCUT2D eigenvalue weighted by Crippen LogP contribution is 2.36. The lowest BCUT2D eigenvalue weighted by molar-refractivity contribution is 0.0929. The number of carbonyl (C=O) groups is 1. The number of nitrogens with zero attached hydrogens (tertiary/aromatic N) is 1. The molecule has 0 aliphatic rings. The summed E-state index contributed by atoms with van der Waals surface area (Å²) in [4.78, 5) is 12.5. The Morgan fingerprint density at radius 1 is 1.23 bits per heavy atom. The Hall–Kier alpha value is -3.95. The molecule has 154 valence electrons. The van der Waals surface area contributed by atoms with Gasteiger partial charge in [0.2, 0.25) is 0 Å². The minimum Gasteiger partial charge on any atom is -0.493 e. The molecule has 0 unspecified atom stereocenters. The van der Waals surface area contributed by atoms with Gasteiger partial charge in [0.25, 0.3) is 0 Å². The predicted octanol–water partition coefficient (Wildman–Crippen LogP) is 5.02. The molecule has 4 aromatic rings. The first-order valence-electron chi connectivity index (χ1n) is 9.29. The number of terminal acetylenes is 1. The summed E-state index contributed by atoms with van der Waals surface area (Å²) in [6.45, 7) is 0.0619. The summed E-state index contributed by atoms with van der Waals surface area (Å²) in [5, 5.41) is 7.25. The van der Waals surface area contributed by atoms with Crippen molar-refractivity contribution in [2.45, 2.75) is 0 Å². The van der Waals surface area contributed by atoms with Gasteiger partial charge in [-0.1, -0.05) is 47.9 Å². The summed E-state index contributed by atoms with van der Waals surface area (Å²) >= 11 is 6.24. The summed E-state index contributed by atoms with van der Waals surface area (Å²) < 4.78 is 16.4. The number of amides is 1. The number of hydrazone groups is 1. The predicted molar refractivity (Wildman–Crippen MR) is 121 cm³/mol. The standard InChI is InChI=1S/C24H17ClN2O4/c1-3-10-30-23-19(25)11-15(12-21(23)29-2)14-26-27-24(28)22-13-18-17-7-5-4-6-16(17)8-9-20(18)31-22/h1,4-9,11-14H,10H2,2H3,(H,27,28)/b26-14-. The number of furan rings is 1. The van der Waals surface area contributed by atoms with Crippen LogP contribution in [-0.4, -0.2) is 25.8 Å². The molecule has 4 rings (SSSR count). The fraction of sp³-hybridized carbons (Fsp3) is 0.0833. The smallest absolute Gasteiger partial charge is 0.307 e. The fourth-order valence-corrected chi connectivity index (χ4v) is 3.47. The highest BCUT2D eigenvalue weighted by atomic mass is 35.5. The molecule has 0 saturated carbocycles. The Kier molecular flexibility index (Phi) is 5.78. The maximum absolute atomic E-state index is 12.5. The summed E-state index contributed by atoms with van der Waals surface area (Å²) in [6.07, 6.45) is 6.65. The molecular formula is C24H17ClN2O4. The van der Waals surface area contributed by atoms with Crippen LogP contribution in [0.15, 0.2) is 64.1 Å². The maximum atomic E-state index is 12.5. The number of fused-ring (bicyclic) bond motifs is 3. The van der Waals surface area contributed by atoms with E-state index in [0.717, 1.165) is 16.2 Å². The van der Waals surface area contributed by atoms with Crippen molar-refractivity contribution in [2.75, 3.05) is 13.7 Å². The Balaban J connectivity index is 1.53. The second kappa shape index (κ2) is 8.82. The molecule has 1 N–H and O–H groups in total. The molecule has 0 saturated heterocycles. The molecule has 1 heterocycles. The summed E-state index contributed by atoms with van der Waals surface area (Å²) in [5.41, 5.74) is 3.69. The number of rotatable bonds is 6. The van der Waals surface area contributed by atoms with Crippen molar-refractivity contribution < 1.29 is 18.7 Å². The van der Waals surface area contributed by atoms with Crippen LogP contribution in [0.3, 0.4) is 0 Å². The van der Waals surface area contributed by atoms with E-state index in [1.165, 1.54) is 13.3 Å². The maximum Gasteiger partial charge on any atom is 0.307 e. The van der Waals surface area contributed by atoms with Gasteiger partial charge in [0.05, 0.1) is 18.3 Å². The van der Waals surface area contributed by atoms with E-state index in [4.69, 9.17) is 31.9 Å². The van der Waals surface area contributed by atoms with Crippen LogP contribution < -0.4 is 14.9 Å². The lowest BCUT2D eigenvalue weighted by Gasteiger charge is -2.11. The molecule has 31 heavy (non-hydrogen) atoms. The van der Waals surface area contributed by atoms with Gasteiger partial charge < -0.3 is 13.9 Å². The first kappa shape index (κ1) is 20.3. The molecule has 1 amide bonds. The van der Waals surface area contributed by atoms with Gasteiger partial charge in [0.1, 0.15) is 12.2 Å². The topological polar surface area (TPSA) is 73.1 Å². The van der Waals surface area contributed by atoms with E-state index in [0.29, 0.717) is 27.7 Å². The minimum atomic E-state index is -0.469. The van der Waals surface area contributed by atoms with Crippen molar-refractivity contribution in [2.24, 2.45) is 5.10 Å². The zero-order chi connectivity index (χ0) is 21.8. The number of hydrogen-bond donors (Lipinski definition) is 1. The molecule has 6 nitrogen and oxygen atoms in total. The third-order valence-corrected chi connectivity index (χ3v) is 4.86. The molecule has 0 fully saturated rings. The SMILES string of the molecule is C#CCOc1c(Cl)cc(/C=N\NC(=O)c2cc3c(ccc4ccccc43)o2)cc1OC. The van der Waals surface area contributed by atoms with Crippen LogP contribution in [-0.2, 0) is 0 Å². The molecule has 1 aromatic heterocycles. The number of benzene rings is 3. The number of halogens is 1. The van der Waals surface area contributed by atoms with Gasteiger partial charge in [-0.15, -0.1) is 6.42 Å². The molecule has 7 heteroatoms. The van der Waals surface area contributed by atoms with Gasteiger partial charge >= 0.3 is 5.91 Å². The normalized spacial score (nSPS) is 11.0. The average Bonchev–Trinajstić information content (AvgIpc) is 3.23. The van der Waals surface area contributed by atoms with Crippen molar-refractivity contribution in [3.8, 4) is 23.8 Å². The quantitative estimate of drug-likeness (QED) is 0.263. The van der Waals surface area contributed by atoms with Gasteiger partial charge in [-0.25, -0.2) is 5.43 Å². The molecule has 3 aromatic carbocycles. The van der Waals surface area contributed by atoms with E-state index in [2.05, 4.69) is 16.4 Å². The van der Waals surface area contributed by atoms with E-state index >= 15 is 0 Å². The lowest BCUT2D eigenvalue weighted by Crippen LogP contribution is -2.16. The number of carbonyl (C=O) groups excluding carboxylic acids is 1. The van der Waals surface area contributed by atoms with Gasteiger partial charge in [0.15, 0.2) is 17.3 Å². The summed E-state index contributed by atoms with van der Waals surface area (Å²) in [7, 11) is 1.49. The number of hydrogen-bond acceptors (Lipinski definition) is 5. The van der Waals surface area contributed by atoms with Gasteiger partial charge in [-0.3, -0.25) is 4.79 Å². The Bertz CT molecular complexity index is 1350. The molecule has 0 aliphatic carbocycles. The van der Waals surface area contributed by atoms with Crippen LogP contribution in [0.25, 0.3) is 21.7 Å². The monoisotopic (exact) mass is 432 g/mol. The van der Waals surface area contributed by atoms with Crippen molar-refractivity contribution in [3.63, 3.8) is 0 Å². The molecular weight excluding hydrogens is 416 g/mol. The number of ether oxygens (including phenoxy) is 2. The van der Waals surface area contributed by atoms with Crippen LogP contribution in [0.5, 0.6) is 11.5 Å². The zero-order valence-corrected chi connectivity index (χ0v) is 17.3. The largest absolute Gasteiger partial charge is 0.493 e.